The van der Waals surface area contributed by atoms with Crippen LogP contribution >= 0.6 is 11.3 Å². The van der Waals surface area contributed by atoms with E-state index in [0.29, 0.717) is 16.8 Å². The van der Waals surface area contributed by atoms with Crippen LogP contribution in [0.2, 0.25) is 0 Å². The second kappa shape index (κ2) is 9.18. The fourth-order valence-electron chi connectivity index (χ4n) is 3.90. The Morgan fingerprint density at radius 2 is 1.85 bits per heavy atom. The van der Waals surface area contributed by atoms with Crippen molar-refractivity contribution in [3.05, 3.63) is 81.1 Å². The standard InChI is InChI=1S/C25H23N3O5S/c1-5-33-24(32)22-15(4)27-25(34-22)28-19(16-8-10-26-11-9-16)18(21(30)23(28)31)20(29)17-12-13(2)6-7-14(17)3/h6-12,19,29H,5H2,1-4H3. The van der Waals surface area contributed by atoms with Crippen LogP contribution in [0.4, 0.5) is 5.13 Å². The largest absolute Gasteiger partial charge is 0.507 e. The SMILES string of the molecule is CCOC(=O)c1sc(N2C(=O)C(=O)C(=C(O)c3cc(C)ccc3C)C2c2ccncc2)nc1C. The van der Waals surface area contributed by atoms with Gasteiger partial charge in [-0.25, -0.2) is 9.78 Å². The van der Waals surface area contributed by atoms with Gasteiger partial charge in [0.15, 0.2) is 5.13 Å². The predicted octanol–water partition coefficient (Wildman–Crippen LogP) is 4.27. The molecule has 1 saturated heterocycles. The summed E-state index contributed by atoms with van der Waals surface area (Å²) in [6.45, 7) is 7.24. The molecule has 1 N–H and O–H groups in total. The minimum absolute atomic E-state index is 0.0459. The predicted molar refractivity (Wildman–Crippen MR) is 128 cm³/mol. The van der Waals surface area contributed by atoms with Gasteiger partial charge in [-0.05, 0) is 57.0 Å². The summed E-state index contributed by atoms with van der Waals surface area (Å²) in [5.41, 5.74) is 3.05. The molecule has 0 radical (unpaired) electrons. The molecule has 1 atom stereocenters. The smallest absolute Gasteiger partial charge is 0.350 e. The van der Waals surface area contributed by atoms with E-state index in [4.69, 9.17) is 4.74 Å². The summed E-state index contributed by atoms with van der Waals surface area (Å²) in [5, 5.41) is 11.5. The van der Waals surface area contributed by atoms with Crippen LogP contribution in [-0.4, -0.2) is 39.3 Å². The molecule has 1 aliphatic heterocycles. The van der Waals surface area contributed by atoms with Crippen molar-refractivity contribution in [1.29, 1.82) is 0 Å². The van der Waals surface area contributed by atoms with Gasteiger partial charge in [0.25, 0.3) is 5.78 Å². The molecule has 4 rings (SSSR count). The van der Waals surface area contributed by atoms with Crippen molar-refractivity contribution in [2.24, 2.45) is 0 Å². The number of aliphatic hydroxyl groups is 1. The summed E-state index contributed by atoms with van der Waals surface area (Å²) in [4.78, 5) is 48.8. The zero-order chi connectivity index (χ0) is 24.6. The van der Waals surface area contributed by atoms with Gasteiger partial charge in [0, 0.05) is 18.0 Å². The second-order valence-corrected chi connectivity index (χ2v) is 8.88. The second-order valence-electron chi connectivity index (χ2n) is 7.90. The number of aliphatic hydroxyl groups excluding tert-OH is 1. The Morgan fingerprint density at radius 1 is 1.15 bits per heavy atom. The zero-order valence-corrected chi connectivity index (χ0v) is 20.0. The number of aryl methyl sites for hydroxylation is 3. The van der Waals surface area contributed by atoms with Crippen LogP contribution in [0.3, 0.4) is 0 Å². The molecule has 1 aliphatic rings. The molecule has 9 heteroatoms. The maximum atomic E-state index is 13.3. The number of amides is 1. The first-order valence-electron chi connectivity index (χ1n) is 10.7. The van der Waals surface area contributed by atoms with E-state index in [-0.39, 0.29) is 27.9 Å². The lowest BCUT2D eigenvalue weighted by Gasteiger charge is -2.23. The van der Waals surface area contributed by atoms with E-state index in [1.807, 2.05) is 26.0 Å². The zero-order valence-electron chi connectivity index (χ0n) is 19.2. The number of hydrogen-bond donors (Lipinski definition) is 1. The molecular formula is C25H23N3O5S. The molecular weight excluding hydrogens is 454 g/mol. The molecule has 0 aliphatic carbocycles. The molecule has 8 nitrogen and oxygen atoms in total. The van der Waals surface area contributed by atoms with Gasteiger partial charge in [0.2, 0.25) is 0 Å². The number of benzene rings is 1. The van der Waals surface area contributed by atoms with Crippen molar-refractivity contribution in [3.63, 3.8) is 0 Å². The molecule has 2 aromatic heterocycles. The van der Waals surface area contributed by atoms with Crippen molar-refractivity contribution < 1.29 is 24.2 Å². The Morgan fingerprint density at radius 3 is 2.53 bits per heavy atom. The number of anilines is 1. The van der Waals surface area contributed by atoms with E-state index in [9.17, 15) is 19.5 Å². The summed E-state index contributed by atoms with van der Waals surface area (Å²) >= 11 is 0.972. The molecule has 0 saturated carbocycles. The molecule has 3 aromatic rings. The van der Waals surface area contributed by atoms with Crippen LogP contribution in [0.15, 0.2) is 48.3 Å². The van der Waals surface area contributed by atoms with E-state index in [2.05, 4.69) is 9.97 Å². The maximum absolute atomic E-state index is 13.3. The first-order chi connectivity index (χ1) is 16.2. The molecule has 0 bridgehead atoms. The number of thiazole rings is 1. The number of ether oxygens (including phenoxy) is 1. The van der Waals surface area contributed by atoms with Crippen LogP contribution in [0.5, 0.6) is 0 Å². The number of pyridine rings is 1. The van der Waals surface area contributed by atoms with E-state index >= 15 is 0 Å². The summed E-state index contributed by atoms with van der Waals surface area (Å²) < 4.78 is 5.09. The quantitative estimate of drug-likeness (QED) is 0.253. The van der Waals surface area contributed by atoms with Gasteiger partial charge >= 0.3 is 11.9 Å². The lowest BCUT2D eigenvalue weighted by molar-refractivity contribution is -0.132. The number of aromatic nitrogens is 2. The third-order valence-electron chi connectivity index (χ3n) is 5.57. The average molecular weight is 478 g/mol. The molecule has 3 heterocycles. The lowest BCUT2D eigenvalue weighted by Crippen LogP contribution is -2.29. The van der Waals surface area contributed by atoms with Crippen LogP contribution in [0.1, 0.15) is 50.6 Å². The van der Waals surface area contributed by atoms with Crippen molar-refractivity contribution in [1.82, 2.24) is 9.97 Å². The fraction of sp³-hybridized carbons (Fsp3) is 0.240. The highest BCUT2D eigenvalue weighted by Gasteiger charge is 2.48. The molecule has 1 aromatic carbocycles. The number of carbonyl (C=O) groups is 3. The van der Waals surface area contributed by atoms with Gasteiger partial charge in [0.05, 0.1) is 23.9 Å². The van der Waals surface area contributed by atoms with E-state index in [1.165, 1.54) is 4.90 Å². The number of rotatable bonds is 5. The van der Waals surface area contributed by atoms with Crippen LogP contribution < -0.4 is 4.90 Å². The van der Waals surface area contributed by atoms with Crippen LogP contribution in [0, 0.1) is 20.8 Å². The van der Waals surface area contributed by atoms with Gasteiger partial charge in [-0.2, -0.15) is 0 Å². The summed E-state index contributed by atoms with van der Waals surface area (Å²) in [5.74, 6) is -2.47. The average Bonchev–Trinajstić information content (AvgIpc) is 3.33. The fourth-order valence-corrected chi connectivity index (χ4v) is 4.89. The first kappa shape index (κ1) is 23.3. The Kier molecular flexibility index (Phi) is 6.30. The Labute approximate surface area is 200 Å². The van der Waals surface area contributed by atoms with Crippen molar-refractivity contribution in [2.75, 3.05) is 11.5 Å². The number of esters is 1. The highest BCUT2D eigenvalue weighted by atomic mass is 32.1. The Bertz CT molecular complexity index is 1330. The lowest BCUT2D eigenvalue weighted by atomic mass is 9.94. The number of carbonyl (C=O) groups excluding carboxylic acids is 3. The highest BCUT2D eigenvalue weighted by molar-refractivity contribution is 7.17. The summed E-state index contributed by atoms with van der Waals surface area (Å²) in [7, 11) is 0. The molecule has 1 amide bonds. The number of hydrogen-bond acceptors (Lipinski definition) is 8. The maximum Gasteiger partial charge on any atom is 0.350 e. The van der Waals surface area contributed by atoms with Crippen LogP contribution in [0.25, 0.3) is 5.76 Å². The van der Waals surface area contributed by atoms with Gasteiger partial charge < -0.3 is 9.84 Å². The molecule has 0 spiro atoms. The number of nitrogens with zero attached hydrogens (tertiary/aromatic N) is 3. The molecule has 174 valence electrons. The van der Waals surface area contributed by atoms with E-state index in [1.54, 1.807) is 44.4 Å². The minimum Gasteiger partial charge on any atom is -0.507 e. The van der Waals surface area contributed by atoms with Crippen LogP contribution in [-0.2, 0) is 14.3 Å². The van der Waals surface area contributed by atoms with Crippen molar-refractivity contribution in [3.8, 4) is 0 Å². The summed E-state index contributed by atoms with van der Waals surface area (Å²) in [6.07, 6.45) is 3.09. The third kappa shape index (κ3) is 3.99. The van der Waals surface area contributed by atoms with E-state index < -0.39 is 23.7 Å². The molecule has 34 heavy (non-hydrogen) atoms. The first-order valence-corrected chi connectivity index (χ1v) is 11.5. The third-order valence-corrected chi connectivity index (χ3v) is 6.70. The minimum atomic E-state index is -0.941. The topological polar surface area (TPSA) is 110 Å². The van der Waals surface area contributed by atoms with Gasteiger partial charge in [-0.15, -0.1) is 0 Å². The van der Waals surface area contributed by atoms with Crippen molar-refractivity contribution >= 4 is 39.9 Å². The highest BCUT2D eigenvalue weighted by Crippen LogP contribution is 2.44. The van der Waals surface area contributed by atoms with E-state index in [0.717, 1.165) is 22.5 Å². The van der Waals surface area contributed by atoms with Gasteiger partial charge in [-0.1, -0.05) is 29.0 Å². The monoisotopic (exact) mass is 477 g/mol. The van der Waals surface area contributed by atoms with Crippen molar-refractivity contribution in [2.45, 2.75) is 33.7 Å². The Hall–Kier alpha value is -3.85. The number of ketones is 1. The Balaban J connectivity index is 1.93. The van der Waals surface area contributed by atoms with Gasteiger partial charge in [-0.3, -0.25) is 19.5 Å². The summed E-state index contributed by atoms with van der Waals surface area (Å²) in [6, 6.07) is 7.93. The molecule has 1 fully saturated rings. The van der Waals surface area contributed by atoms with Gasteiger partial charge in [0.1, 0.15) is 10.6 Å². The molecule has 1 unspecified atom stereocenters. The number of Topliss-reactive ketones (excluding diaryl/α,β-unsaturated/α-hetero) is 1. The normalized spacial score (nSPS) is 17.3.